The summed E-state index contributed by atoms with van der Waals surface area (Å²) in [5, 5.41) is 2.82. The Labute approximate surface area is 120 Å². The first-order valence-corrected chi connectivity index (χ1v) is 7.31. The summed E-state index contributed by atoms with van der Waals surface area (Å²) in [4.78, 5) is 11.7. The summed E-state index contributed by atoms with van der Waals surface area (Å²) < 4.78 is 5.51. The lowest BCUT2D eigenvalue weighted by molar-refractivity contribution is -0.123. The third-order valence-electron chi connectivity index (χ3n) is 3.66. The van der Waals surface area contributed by atoms with Crippen molar-refractivity contribution in [1.29, 1.82) is 0 Å². The molecule has 2 rings (SSSR count). The Morgan fingerprint density at radius 3 is 2.85 bits per heavy atom. The molecule has 1 atom stereocenters. The topological polar surface area (TPSA) is 64.3 Å². The van der Waals surface area contributed by atoms with Crippen molar-refractivity contribution in [3.63, 3.8) is 0 Å². The lowest BCUT2D eigenvalue weighted by atomic mass is 10.0. The van der Waals surface area contributed by atoms with E-state index in [1.807, 2.05) is 18.2 Å². The van der Waals surface area contributed by atoms with Crippen molar-refractivity contribution in [2.75, 3.05) is 13.2 Å². The van der Waals surface area contributed by atoms with E-state index in [4.69, 9.17) is 10.5 Å². The monoisotopic (exact) mass is 276 g/mol. The van der Waals surface area contributed by atoms with Gasteiger partial charge >= 0.3 is 0 Å². The third kappa shape index (κ3) is 4.53. The highest BCUT2D eigenvalue weighted by Gasteiger charge is 2.28. The summed E-state index contributed by atoms with van der Waals surface area (Å²) in [5.41, 5.74) is 7.14. The van der Waals surface area contributed by atoms with Gasteiger partial charge in [-0.15, -0.1) is 0 Å². The Kier molecular flexibility index (Phi) is 5.01. The maximum atomic E-state index is 11.7. The molecule has 1 saturated carbocycles. The van der Waals surface area contributed by atoms with E-state index in [-0.39, 0.29) is 18.6 Å². The average Bonchev–Trinajstić information content (AvgIpc) is 3.27. The minimum atomic E-state index is -0.115. The van der Waals surface area contributed by atoms with E-state index >= 15 is 0 Å². The number of rotatable bonds is 7. The first-order chi connectivity index (χ1) is 9.56. The van der Waals surface area contributed by atoms with Crippen LogP contribution in [-0.4, -0.2) is 25.1 Å². The number of ether oxygens (including phenoxy) is 1. The van der Waals surface area contributed by atoms with Gasteiger partial charge in [0.2, 0.25) is 0 Å². The van der Waals surface area contributed by atoms with Crippen LogP contribution in [0.5, 0.6) is 5.75 Å². The number of amides is 1. The fourth-order valence-electron chi connectivity index (χ4n) is 2.09. The molecule has 110 valence electrons. The predicted molar refractivity (Wildman–Crippen MR) is 79.7 cm³/mol. The average molecular weight is 276 g/mol. The first-order valence-electron chi connectivity index (χ1n) is 7.31. The van der Waals surface area contributed by atoms with Crippen LogP contribution in [0.2, 0.25) is 0 Å². The van der Waals surface area contributed by atoms with Gasteiger partial charge in [0.1, 0.15) is 5.75 Å². The molecule has 0 aliphatic heterocycles. The quantitative estimate of drug-likeness (QED) is 0.801. The Morgan fingerprint density at radius 2 is 2.20 bits per heavy atom. The molecule has 4 nitrogen and oxygen atoms in total. The van der Waals surface area contributed by atoms with Gasteiger partial charge in [-0.3, -0.25) is 4.79 Å². The SMILES string of the molecule is CC(C)c1cccc(OCC(=O)NCC(N)C2CC2)c1. The molecule has 1 aromatic carbocycles. The van der Waals surface area contributed by atoms with Crippen LogP contribution < -0.4 is 15.8 Å². The maximum Gasteiger partial charge on any atom is 0.257 e. The summed E-state index contributed by atoms with van der Waals surface area (Å²) in [5.74, 6) is 1.66. The second-order valence-electron chi connectivity index (χ2n) is 5.82. The Hall–Kier alpha value is -1.55. The molecular formula is C16H24N2O2. The van der Waals surface area contributed by atoms with Crippen molar-refractivity contribution in [3.05, 3.63) is 29.8 Å². The van der Waals surface area contributed by atoms with Crippen molar-refractivity contribution < 1.29 is 9.53 Å². The molecule has 0 bridgehead atoms. The molecule has 1 aliphatic rings. The van der Waals surface area contributed by atoms with E-state index in [9.17, 15) is 4.79 Å². The van der Waals surface area contributed by atoms with Gasteiger partial charge in [-0.25, -0.2) is 0 Å². The van der Waals surface area contributed by atoms with E-state index in [1.165, 1.54) is 18.4 Å². The summed E-state index contributed by atoms with van der Waals surface area (Å²) in [7, 11) is 0. The van der Waals surface area contributed by atoms with Crippen molar-refractivity contribution >= 4 is 5.91 Å². The summed E-state index contributed by atoms with van der Waals surface area (Å²) in [6.07, 6.45) is 2.38. The number of nitrogens with two attached hydrogens (primary N) is 1. The number of hydrogen-bond acceptors (Lipinski definition) is 3. The Balaban J connectivity index is 1.73. The van der Waals surface area contributed by atoms with Crippen LogP contribution >= 0.6 is 0 Å². The van der Waals surface area contributed by atoms with E-state index < -0.39 is 0 Å². The Bertz CT molecular complexity index is 456. The molecular weight excluding hydrogens is 252 g/mol. The minimum absolute atomic E-state index is 0.0406. The van der Waals surface area contributed by atoms with Crippen LogP contribution in [0.1, 0.15) is 38.2 Å². The number of carbonyl (C=O) groups is 1. The smallest absolute Gasteiger partial charge is 0.257 e. The van der Waals surface area contributed by atoms with Gasteiger partial charge in [0, 0.05) is 12.6 Å². The molecule has 20 heavy (non-hydrogen) atoms. The number of hydrogen-bond donors (Lipinski definition) is 2. The van der Waals surface area contributed by atoms with Crippen LogP contribution in [0.25, 0.3) is 0 Å². The van der Waals surface area contributed by atoms with Gasteiger partial charge in [0.25, 0.3) is 5.91 Å². The van der Waals surface area contributed by atoms with Crippen LogP contribution in [0, 0.1) is 5.92 Å². The Morgan fingerprint density at radius 1 is 1.45 bits per heavy atom. The normalized spacial score (nSPS) is 16.0. The van der Waals surface area contributed by atoms with E-state index in [2.05, 4.69) is 25.2 Å². The summed E-state index contributed by atoms with van der Waals surface area (Å²) in [6.45, 7) is 4.84. The molecule has 0 spiro atoms. The minimum Gasteiger partial charge on any atom is -0.484 e. The molecule has 3 N–H and O–H groups in total. The van der Waals surface area contributed by atoms with Crippen LogP contribution in [0.4, 0.5) is 0 Å². The maximum absolute atomic E-state index is 11.7. The molecule has 0 saturated heterocycles. The van der Waals surface area contributed by atoms with Crippen LogP contribution in [0.15, 0.2) is 24.3 Å². The van der Waals surface area contributed by atoms with Gasteiger partial charge in [-0.05, 0) is 42.4 Å². The molecule has 1 aromatic rings. The van der Waals surface area contributed by atoms with E-state index in [1.54, 1.807) is 0 Å². The standard InChI is InChI=1S/C16H24N2O2/c1-11(2)13-4-3-5-14(8-13)20-10-16(19)18-9-15(17)12-6-7-12/h3-5,8,11-12,15H,6-7,9-10,17H2,1-2H3,(H,18,19). The van der Waals surface area contributed by atoms with E-state index in [0.29, 0.717) is 18.4 Å². The van der Waals surface area contributed by atoms with E-state index in [0.717, 1.165) is 5.75 Å². The lowest BCUT2D eigenvalue weighted by Crippen LogP contribution is -2.40. The van der Waals surface area contributed by atoms with Gasteiger partial charge in [0.05, 0.1) is 0 Å². The highest BCUT2D eigenvalue weighted by molar-refractivity contribution is 5.77. The zero-order valence-corrected chi connectivity index (χ0v) is 12.3. The molecule has 0 radical (unpaired) electrons. The zero-order valence-electron chi connectivity index (χ0n) is 12.3. The summed E-state index contributed by atoms with van der Waals surface area (Å²) >= 11 is 0. The molecule has 0 heterocycles. The first kappa shape index (κ1) is 14.9. The second kappa shape index (κ2) is 6.75. The third-order valence-corrected chi connectivity index (χ3v) is 3.66. The van der Waals surface area contributed by atoms with Crippen molar-refractivity contribution in [2.24, 2.45) is 11.7 Å². The van der Waals surface area contributed by atoms with Gasteiger partial charge in [-0.2, -0.15) is 0 Å². The van der Waals surface area contributed by atoms with Gasteiger partial charge in [-0.1, -0.05) is 26.0 Å². The molecule has 0 aromatic heterocycles. The zero-order chi connectivity index (χ0) is 14.5. The number of nitrogens with one attached hydrogen (secondary N) is 1. The largest absolute Gasteiger partial charge is 0.484 e. The predicted octanol–water partition coefficient (Wildman–Crippen LogP) is 2.04. The van der Waals surface area contributed by atoms with Crippen molar-refractivity contribution in [3.8, 4) is 5.75 Å². The highest BCUT2D eigenvalue weighted by atomic mass is 16.5. The lowest BCUT2D eigenvalue weighted by Gasteiger charge is -2.13. The number of carbonyl (C=O) groups excluding carboxylic acids is 1. The molecule has 1 aliphatic carbocycles. The highest BCUT2D eigenvalue weighted by Crippen LogP contribution is 2.31. The van der Waals surface area contributed by atoms with Crippen LogP contribution in [-0.2, 0) is 4.79 Å². The summed E-state index contributed by atoms with van der Waals surface area (Å²) in [6, 6.07) is 7.95. The molecule has 1 fully saturated rings. The number of benzene rings is 1. The van der Waals surface area contributed by atoms with Crippen LogP contribution in [0.3, 0.4) is 0 Å². The van der Waals surface area contributed by atoms with Gasteiger partial charge in [0.15, 0.2) is 6.61 Å². The van der Waals surface area contributed by atoms with Crippen molar-refractivity contribution in [2.45, 2.75) is 38.6 Å². The molecule has 1 amide bonds. The van der Waals surface area contributed by atoms with Gasteiger partial charge < -0.3 is 15.8 Å². The fourth-order valence-corrected chi connectivity index (χ4v) is 2.09. The fraction of sp³-hybridized carbons (Fsp3) is 0.562. The molecule has 1 unspecified atom stereocenters. The van der Waals surface area contributed by atoms with Crippen molar-refractivity contribution in [1.82, 2.24) is 5.32 Å². The molecule has 4 heteroatoms. The second-order valence-corrected chi connectivity index (χ2v) is 5.82.